The van der Waals surface area contributed by atoms with E-state index in [2.05, 4.69) is 11.2 Å². The lowest BCUT2D eigenvalue weighted by Gasteiger charge is -1.79. The summed E-state index contributed by atoms with van der Waals surface area (Å²) in [6, 6.07) is 0. The molecule has 0 N–H and O–H groups in total. The Hall–Kier alpha value is -0.660. The fourth-order valence-electron chi connectivity index (χ4n) is 0.363. The average Bonchev–Trinajstić information content (AvgIpc) is 1.66. The molecule has 0 aromatic heterocycles. The van der Waals surface area contributed by atoms with E-state index in [1.165, 1.54) is 0 Å². The van der Waals surface area contributed by atoms with E-state index < -0.39 is 0 Å². The molecule has 0 aliphatic heterocycles. The average molecular weight is 113 g/mol. The predicted octanol–water partition coefficient (Wildman–Crippen LogP) is 0.420. The van der Waals surface area contributed by atoms with E-state index in [0.29, 0.717) is 0 Å². The number of rotatable bonds is 2. The smallest absolute Gasteiger partial charge is 0.144 e. The van der Waals surface area contributed by atoms with Crippen molar-refractivity contribution in [1.82, 2.24) is 0 Å². The SMILES string of the molecule is CN=CCC=[N+](C)C. The van der Waals surface area contributed by atoms with Crippen LogP contribution in [-0.2, 0) is 0 Å². The van der Waals surface area contributed by atoms with Crippen LogP contribution in [0.5, 0.6) is 0 Å². The zero-order valence-corrected chi connectivity index (χ0v) is 5.76. The van der Waals surface area contributed by atoms with Gasteiger partial charge in [0.1, 0.15) is 20.3 Å². The maximum Gasteiger partial charge on any atom is 0.144 e. The number of hydrogen-bond donors (Lipinski definition) is 0. The largest absolute Gasteiger partial charge is 0.300 e. The Kier molecular flexibility index (Phi) is 4.13. The first-order valence-electron chi connectivity index (χ1n) is 2.67. The second-order valence-corrected chi connectivity index (χ2v) is 1.82. The number of aliphatic imine (C=N–C) groups is 1. The van der Waals surface area contributed by atoms with Crippen LogP contribution in [0.15, 0.2) is 4.99 Å². The van der Waals surface area contributed by atoms with Crippen LogP contribution in [0.2, 0.25) is 0 Å². The van der Waals surface area contributed by atoms with E-state index in [-0.39, 0.29) is 0 Å². The molecule has 2 heteroatoms. The first-order valence-corrected chi connectivity index (χ1v) is 2.67. The van der Waals surface area contributed by atoms with E-state index >= 15 is 0 Å². The van der Waals surface area contributed by atoms with Gasteiger partial charge in [0.15, 0.2) is 0 Å². The molecule has 0 spiro atoms. The molecule has 0 saturated carbocycles. The molecule has 46 valence electrons. The zero-order chi connectivity index (χ0) is 6.41. The summed E-state index contributed by atoms with van der Waals surface area (Å²) in [6.07, 6.45) is 4.87. The Bertz CT molecular complexity index is 99.1. The Morgan fingerprint density at radius 3 is 2.50 bits per heavy atom. The fourth-order valence-corrected chi connectivity index (χ4v) is 0.363. The van der Waals surface area contributed by atoms with Gasteiger partial charge >= 0.3 is 0 Å². The van der Waals surface area contributed by atoms with Crippen LogP contribution in [0.25, 0.3) is 0 Å². The van der Waals surface area contributed by atoms with Gasteiger partial charge < -0.3 is 4.99 Å². The van der Waals surface area contributed by atoms with Crippen molar-refractivity contribution in [2.24, 2.45) is 4.99 Å². The van der Waals surface area contributed by atoms with E-state index in [1.54, 1.807) is 7.05 Å². The van der Waals surface area contributed by atoms with Crippen molar-refractivity contribution in [3.63, 3.8) is 0 Å². The van der Waals surface area contributed by atoms with E-state index in [9.17, 15) is 0 Å². The molecule has 8 heavy (non-hydrogen) atoms. The van der Waals surface area contributed by atoms with Crippen molar-refractivity contribution >= 4 is 12.4 Å². The van der Waals surface area contributed by atoms with Gasteiger partial charge in [0.2, 0.25) is 0 Å². The third kappa shape index (κ3) is 5.34. The molecule has 0 aliphatic rings. The van der Waals surface area contributed by atoms with Gasteiger partial charge in [0.05, 0.1) is 6.42 Å². The highest BCUT2D eigenvalue weighted by Crippen LogP contribution is 1.63. The monoisotopic (exact) mass is 113 g/mol. The lowest BCUT2D eigenvalue weighted by atomic mass is 10.5. The summed E-state index contributed by atoms with van der Waals surface area (Å²) in [7, 11) is 5.79. The van der Waals surface area contributed by atoms with Gasteiger partial charge in [-0.1, -0.05) is 0 Å². The van der Waals surface area contributed by atoms with E-state index in [4.69, 9.17) is 0 Å². The summed E-state index contributed by atoms with van der Waals surface area (Å²) in [5.41, 5.74) is 0. The van der Waals surface area contributed by atoms with Crippen LogP contribution < -0.4 is 0 Å². The van der Waals surface area contributed by atoms with Gasteiger partial charge in [-0.2, -0.15) is 0 Å². The highest BCUT2D eigenvalue weighted by Gasteiger charge is 1.77. The van der Waals surface area contributed by atoms with Gasteiger partial charge in [-0.15, -0.1) is 0 Å². The molecule has 0 bridgehead atoms. The van der Waals surface area contributed by atoms with Crippen LogP contribution in [0.3, 0.4) is 0 Å². The standard InChI is InChI=1S/C6H13N2/c1-7-5-4-6-8(2)3/h5-6H,4H2,1-3H3/q+1. The molecule has 2 nitrogen and oxygen atoms in total. The minimum Gasteiger partial charge on any atom is -0.300 e. The maximum absolute atomic E-state index is 3.82. The third-order valence-electron chi connectivity index (χ3n) is 0.759. The van der Waals surface area contributed by atoms with Crippen LogP contribution in [0.1, 0.15) is 6.42 Å². The molecule has 0 amide bonds. The lowest BCUT2D eigenvalue weighted by molar-refractivity contribution is -0.460. The quantitative estimate of drug-likeness (QED) is 0.364. The van der Waals surface area contributed by atoms with Crippen molar-refractivity contribution in [1.29, 1.82) is 0 Å². The minimum absolute atomic E-state index is 0.934. The van der Waals surface area contributed by atoms with E-state index in [0.717, 1.165) is 6.42 Å². The molecule has 0 atom stereocenters. The van der Waals surface area contributed by atoms with Crippen LogP contribution >= 0.6 is 0 Å². The predicted molar refractivity (Wildman–Crippen MR) is 37.2 cm³/mol. The summed E-state index contributed by atoms with van der Waals surface area (Å²) >= 11 is 0. The summed E-state index contributed by atoms with van der Waals surface area (Å²) in [4.78, 5) is 3.82. The third-order valence-corrected chi connectivity index (χ3v) is 0.759. The Labute approximate surface area is 50.6 Å². The van der Waals surface area contributed by atoms with E-state index in [1.807, 2.05) is 24.9 Å². The van der Waals surface area contributed by atoms with Crippen molar-refractivity contribution < 1.29 is 4.58 Å². The lowest BCUT2D eigenvalue weighted by Crippen LogP contribution is -1.98. The van der Waals surface area contributed by atoms with Crippen molar-refractivity contribution in [3.05, 3.63) is 0 Å². The zero-order valence-electron chi connectivity index (χ0n) is 5.76. The summed E-state index contributed by atoms with van der Waals surface area (Å²) < 4.78 is 2.02. The van der Waals surface area contributed by atoms with Crippen molar-refractivity contribution in [2.45, 2.75) is 6.42 Å². The highest BCUT2D eigenvalue weighted by molar-refractivity contribution is 5.76. The first-order chi connectivity index (χ1) is 3.77. The maximum atomic E-state index is 3.82. The molecule has 0 aliphatic carbocycles. The Morgan fingerprint density at radius 1 is 1.50 bits per heavy atom. The second-order valence-electron chi connectivity index (χ2n) is 1.82. The molecule has 0 rings (SSSR count). The second kappa shape index (κ2) is 4.50. The fraction of sp³-hybridized carbons (Fsp3) is 0.667. The molecule has 0 fully saturated rings. The van der Waals surface area contributed by atoms with Gasteiger partial charge in [-0.05, 0) is 0 Å². The van der Waals surface area contributed by atoms with Gasteiger partial charge in [0.25, 0.3) is 0 Å². The minimum atomic E-state index is 0.934. The molecular weight excluding hydrogens is 100 g/mol. The normalized spacial score (nSPS) is 9.88. The number of nitrogens with zero attached hydrogens (tertiary/aromatic N) is 2. The molecule has 0 aromatic rings. The summed E-state index contributed by atoms with van der Waals surface area (Å²) in [5, 5.41) is 0. The molecule has 0 aromatic carbocycles. The van der Waals surface area contributed by atoms with Gasteiger partial charge in [-0.3, -0.25) is 0 Å². The van der Waals surface area contributed by atoms with Crippen LogP contribution in [0.4, 0.5) is 0 Å². The molecule has 0 heterocycles. The number of hydrogen-bond acceptors (Lipinski definition) is 1. The van der Waals surface area contributed by atoms with Crippen molar-refractivity contribution in [2.75, 3.05) is 21.1 Å². The molecule has 0 unspecified atom stereocenters. The van der Waals surface area contributed by atoms with Gasteiger partial charge in [-0.25, -0.2) is 4.58 Å². The molecule has 0 radical (unpaired) electrons. The van der Waals surface area contributed by atoms with Crippen molar-refractivity contribution in [3.8, 4) is 0 Å². The molecular formula is C6H13N2+. The Balaban J connectivity index is 3.30. The topological polar surface area (TPSA) is 15.4 Å². The summed E-state index contributed by atoms with van der Waals surface area (Å²) in [6.45, 7) is 0. The highest BCUT2D eigenvalue weighted by atomic mass is 14.9. The first kappa shape index (κ1) is 7.34. The summed E-state index contributed by atoms with van der Waals surface area (Å²) in [5.74, 6) is 0. The molecule has 0 saturated heterocycles. The Morgan fingerprint density at radius 2 is 2.12 bits per heavy atom. The van der Waals surface area contributed by atoms with Crippen LogP contribution in [-0.4, -0.2) is 38.1 Å². The van der Waals surface area contributed by atoms with Crippen LogP contribution in [0, 0.1) is 0 Å². The van der Waals surface area contributed by atoms with Gasteiger partial charge in [0, 0.05) is 13.3 Å².